The van der Waals surface area contributed by atoms with Crippen molar-refractivity contribution in [3.63, 3.8) is 0 Å². The van der Waals surface area contributed by atoms with Crippen LogP contribution in [0.4, 0.5) is 0 Å². The second kappa shape index (κ2) is 8.54. The fourth-order valence-electron chi connectivity index (χ4n) is 4.02. The molecular formula is C27H30N2O2. The van der Waals surface area contributed by atoms with Gasteiger partial charge in [0.05, 0.1) is 12.8 Å². The maximum Gasteiger partial charge on any atom is 0.243 e. The van der Waals surface area contributed by atoms with E-state index in [9.17, 15) is 4.79 Å². The molecule has 3 aromatic carbocycles. The van der Waals surface area contributed by atoms with Gasteiger partial charge in [-0.2, -0.15) is 5.10 Å². The van der Waals surface area contributed by atoms with Crippen LogP contribution in [0.2, 0.25) is 0 Å². The third-order valence-electron chi connectivity index (χ3n) is 5.93. The molecule has 4 heteroatoms. The minimum atomic E-state index is -0.0284. The van der Waals surface area contributed by atoms with Gasteiger partial charge in [0, 0.05) is 11.5 Å². The quantitative estimate of drug-likeness (QED) is 0.410. The van der Waals surface area contributed by atoms with Crippen molar-refractivity contribution in [3.05, 3.63) is 77.4 Å². The highest BCUT2D eigenvalue weighted by Gasteiger charge is 2.44. The lowest BCUT2D eigenvalue weighted by Crippen LogP contribution is -2.20. The number of fused-ring (bicyclic) bond motifs is 1. The molecule has 160 valence electrons. The number of hydrogen-bond acceptors (Lipinski definition) is 3. The standard InChI is InChI=1S/C27H30N2O2/c1-5-31-25-15-12-18-8-6-7-9-21(18)24(25)17-28-29-26(30)23-16-22(23)19-10-13-20(14-11-19)27(2,3)4/h6-15,17,22-23H,5,16H2,1-4H3,(H,29,30)/b28-17-. The van der Waals surface area contributed by atoms with Crippen molar-refractivity contribution < 1.29 is 9.53 Å². The fraction of sp³-hybridized carbons (Fsp3) is 0.333. The van der Waals surface area contributed by atoms with Gasteiger partial charge in [0.15, 0.2) is 0 Å². The Bertz CT molecular complexity index is 1110. The van der Waals surface area contributed by atoms with Gasteiger partial charge in [0.2, 0.25) is 5.91 Å². The SMILES string of the molecule is CCOc1ccc2ccccc2c1/C=N\NC(=O)C1CC1c1ccc(C(C)(C)C)cc1. The van der Waals surface area contributed by atoms with Crippen LogP contribution in [-0.4, -0.2) is 18.7 Å². The summed E-state index contributed by atoms with van der Waals surface area (Å²) in [7, 11) is 0. The number of hydrogen-bond donors (Lipinski definition) is 1. The summed E-state index contributed by atoms with van der Waals surface area (Å²) in [6.45, 7) is 9.16. The summed E-state index contributed by atoms with van der Waals surface area (Å²) < 4.78 is 5.77. The third-order valence-corrected chi connectivity index (χ3v) is 5.93. The summed E-state index contributed by atoms with van der Waals surface area (Å²) in [5, 5.41) is 6.43. The predicted octanol–water partition coefficient (Wildman–Crippen LogP) is 5.79. The molecule has 0 saturated heterocycles. The van der Waals surface area contributed by atoms with Crippen molar-refractivity contribution in [2.45, 2.75) is 45.4 Å². The first-order valence-corrected chi connectivity index (χ1v) is 11.0. The van der Waals surface area contributed by atoms with Gasteiger partial charge in [-0.15, -0.1) is 0 Å². The van der Waals surface area contributed by atoms with Crippen LogP contribution >= 0.6 is 0 Å². The molecule has 4 nitrogen and oxygen atoms in total. The normalized spacial score (nSPS) is 18.3. The third kappa shape index (κ3) is 4.63. The summed E-state index contributed by atoms with van der Waals surface area (Å²) in [6.07, 6.45) is 2.56. The Kier molecular flexibility index (Phi) is 5.81. The molecule has 1 amide bonds. The van der Waals surface area contributed by atoms with Gasteiger partial charge >= 0.3 is 0 Å². The van der Waals surface area contributed by atoms with Crippen molar-refractivity contribution in [3.8, 4) is 5.75 Å². The molecular weight excluding hydrogens is 384 g/mol. The van der Waals surface area contributed by atoms with Crippen LogP contribution in [0, 0.1) is 5.92 Å². The van der Waals surface area contributed by atoms with E-state index in [0.29, 0.717) is 6.61 Å². The van der Waals surface area contributed by atoms with Gasteiger partial charge in [0.25, 0.3) is 0 Å². The Balaban J connectivity index is 1.44. The van der Waals surface area contributed by atoms with E-state index >= 15 is 0 Å². The van der Waals surface area contributed by atoms with Crippen LogP contribution in [0.15, 0.2) is 65.8 Å². The molecule has 31 heavy (non-hydrogen) atoms. The molecule has 4 rings (SSSR count). The van der Waals surface area contributed by atoms with Crippen LogP contribution in [0.25, 0.3) is 10.8 Å². The topological polar surface area (TPSA) is 50.7 Å². The highest BCUT2D eigenvalue weighted by Crippen LogP contribution is 2.47. The monoisotopic (exact) mass is 414 g/mol. The molecule has 3 aromatic rings. The second-order valence-electron chi connectivity index (χ2n) is 9.19. The van der Waals surface area contributed by atoms with Crippen molar-refractivity contribution in [1.82, 2.24) is 5.43 Å². The maximum atomic E-state index is 12.6. The molecule has 0 radical (unpaired) electrons. The molecule has 1 aliphatic rings. The lowest BCUT2D eigenvalue weighted by atomic mass is 9.86. The predicted molar refractivity (Wildman–Crippen MR) is 127 cm³/mol. The number of amides is 1. The minimum absolute atomic E-state index is 0.0171. The lowest BCUT2D eigenvalue weighted by Gasteiger charge is -2.19. The number of nitrogens with zero attached hydrogens (tertiary/aromatic N) is 1. The maximum absolute atomic E-state index is 12.6. The van der Waals surface area contributed by atoms with E-state index in [-0.39, 0.29) is 23.2 Å². The van der Waals surface area contributed by atoms with Crippen LogP contribution in [0.5, 0.6) is 5.75 Å². The van der Waals surface area contributed by atoms with E-state index in [1.54, 1.807) is 6.21 Å². The molecule has 1 fully saturated rings. The summed E-state index contributed by atoms with van der Waals surface area (Å²) >= 11 is 0. The second-order valence-corrected chi connectivity index (χ2v) is 9.19. The molecule has 0 aromatic heterocycles. The summed E-state index contributed by atoms with van der Waals surface area (Å²) in [5.41, 5.74) is 6.29. The largest absolute Gasteiger partial charge is 0.493 e. The zero-order valence-corrected chi connectivity index (χ0v) is 18.7. The van der Waals surface area contributed by atoms with Crippen molar-refractivity contribution >= 4 is 22.9 Å². The zero-order valence-electron chi connectivity index (χ0n) is 18.7. The van der Waals surface area contributed by atoms with E-state index in [4.69, 9.17) is 4.74 Å². The number of rotatable bonds is 6. The zero-order chi connectivity index (χ0) is 22.0. The number of hydrazone groups is 1. The molecule has 2 unspecified atom stereocenters. The van der Waals surface area contributed by atoms with Crippen LogP contribution < -0.4 is 10.2 Å². The molecule has 1 saturated carbocycles. The average molecular weight is 415 g/mol. The average Bonchev–Trinajstić information content (AvgIpc) is 3.56. The molecule has 0 spiro atoms. The van der Waals surface area contributed by atoms with Crippen molar-refractivity contribution in [1.29, 1.82) is 0 Å². The van der Waals surface area contributed by atoms with Gasteiger partial charge in [-0.3, -0.25) is 4.79 Å². The minimum Gasteiger partial charge on any atom is -0.493 e. The molecule has 0 bridgehead atoms. The number of nitrogens with one attached hydrogen (secondary N) is 1. The highest BCUT2D eigenvalue weighted by atomic mass is 16.5. The Labute approximate surface area is 184 Å². The summed E-state index contributed by atoms with van der Waals surface area (Å²) in [6, 6.07) is 20.8. The Morgan fingerprint density at radius 3 is 2.55 bits per heavy atom. The first kappa shape index (κ1) is 21.1. The van der Waals surface area contributed by atoms with E-state index < -0.39 is 0 Å². The lowest BCUT2D eigenvalue weighted by molar-refractivity contribution is -0.122. The fourth-order valence-corrected chi connectivity index (χ4v) is 4.02. The van der Waals surface area contributed by atoms with Crippen LogP contribution in [0.1, 0.15) is 56.7 Å². The first-order valence-electron chi connectivity index (χ1n) is 11.0. The van der Waals surface area contributed by atoms with E-state index in [1.807, 2.05) is 37.3 Å². The molecule has 2 atom stereocenters. The number of benzene rings is 3. The van der Waals surface area contributed by atoms with E-state index in [2.05, 4.69) is 61.6 Å². The van der Waals surface area contributed by atoms with E-state index in [0.717, 1.165) is 28.5 Å². The first-order chi connectivity index (χ1) is 14.9. The Hall–Kier alpha value is -3.14. The highest BCUT2D eigenvalue weighted by molar-refractivity contribution is 6.02. The molecule has 0 aliphatic heterocycles. The smallest absolute Gasteiger partial charge is 0.243 e. The number of ether oxygens (including phenoxy) is 1. The van der Waals surface area contributed by atoms with Crippen molar-refractivity contribution in [2.75, 3.05) is 6.61 Å². The molecule has 1 aliphatic carbocycles. The Morgan fingerprint density at radius 1 is 1.10 bits per heavy atom. The van der Waals surface area contributed by atoms with Gasteiger partial charge in [0.1, 0.15) is 5.75 Å². The Morgan fingerprint density at radius 2 is 1.84 bits per heavy atom. The van der Waals surface area contributed by atoms with Gasteiger partial charge < -0.3 is 4.74 Å². The van der Waals surface area contributed by atoms with Crippen LogP contribution in [0.3, 0.4) is 0 Å². The van der Waals surface area contributed by atoms with Gasteiger partial charge in [-0.05, 0) is 52.6 Å². The van der Waals surface area contributed by atoms with E-state index in [1.165, 1.54) is 11.1 Å². The number of carbonyl (C=O) groups is 1. The van der Waals surface area contributed by atoms with Crippen LogP contribution in [-0.2, 0) is 10.2 Å². The molecule has 0 heterocycles. The van der Waals surface area contributed by atoms with Gasteiger partial charge in [-0.25, -0.2) is 5.43 Å². The van der Waals surface area contributed by atoms with Crippen molar-refractivity contribution in [2.24, 2.45) is 11.0 Å². The summed E-state index contributed by atoms with van der Waals surface area (Å²) in [5.74, 6) is 0.999. The number of carbonyl (C=O) groups excluding carboxylic acids is 1. The van der Waals surface area contributed by atoms with Gasteiger partial charge in [-0.1, -0.05) is 75.4 Å². The molecule has 1 N–H and O–H groups in total. The summed E-state index contributed by atoms with van der Waals surface area (Å²) in [4.78, 5) is 12.6.